The monoisotopic (exact) mass is 186 g/mol. The van der Waals surface area contributed by atoms with E-state index >= 15 is 0 Å². The topological polar surface area (TPSA) is 92.4 Å². The minimum atomic E-state index is -1.11. The molecule has 1 aliphatic heterocycles. The molecule has 0 aromatic carbocycles. The number of hydrogen-bond donors (Lipinski definition) is 3. The zero-order valence-electron chi connectivity index (χ0n) is 7.32. The number of nitrogens with one attached hydrogen (secondary N) is 1. The van der Waals surface area contributed by atoms with Gasteiger partial charge in [-0.05, 0) is 13.0 Å². The van der Waals surface area contributed by atoms with Crippen molar-refractivity contribution in [3.05, 3.63) is 0 Å². The zero-order valence-corrected chi connectivity index (χ0v) is 7.32. The number of carbonyl (C=O) groups excluding carboxylic acids is 1. The first-order valence-corrected chi connectivity index (χ1v) is 4.33. The normalized spacial score (nSPS) is 24.2. The van der Waals surface area contributed by atoms with E-state index in [1.54, 1.807) is 0 Å². The fourth-order valence-electron chi connectivity index (χ4n) is 1.40. The van der Waals surface area contributed by atoms with Crippen LogP contribution in [0.2, 0.25) is 0 Å². The molecular formula is C8H14N2O3. The molecule has 5 heteroatoms. The second-order valence-electron chi connectivity index (χ2n) is 3.30. The van der Waals surface area contributed by atoms with Crippen molar-refractivity contribution in [3.63, 3.8) is 0 Å². The van der Waals surface area contributed by atoms with Gasteiger partial charge in [0, 0.05) is 18.9 Å². The summed E-state index contributed by atoms with van der Waals surface area (Å²) in [5.41, 5.74) is 5.24. The number of ketones is 1. The highest BCUT2D eigenvalue weighted by atomic mass is 16.4. The van der Waals surface area contributed by atoms with Crippen LogP contribution in [0.5, 0.6) is 0 Å². The molecule has 0 aromatic rings. The van der Waals surface area contributed by atoms with Crippen molar-refractivity contribution in [3.8, 4) is 0 Å². The van der Waals surface area contributed by atoms with Gasteiger partial charge in [0.05, 0.1) is 0 Å². The number of nitrogens with two attached hydrogens (primary N) is 1. The van der Waals surface area contributed by atoms with E-state index in [0.29, 0.717) is 6.54 Å². The Morgan fingerprint density at radius 1 is 1.62 bits per heavy atom. The summed E-state index contributed by atoms with van der Waals surface area (Å²) in [7, 11) is 0. The van der Waals surface area contributed by atoms with Gasteiger partial charge in [0.1, 0.15) is 11.8 Å². The largest absolute Gasteiger partial charge is 0.480 e. The molecule has 1 aliphatic rings. The van der Waals surface area contributed by atoms with Crippen LogP contribution in [0.15, 0.2) is 0 Å². The number of carboxylic acids is 1. The quantitative estimate of drug-likeness (QED) is 0.522. The Hall–Kier alpha value is -0.940. The Morgan fingerprint density at radius 2 is 2.31 bits per heavy atom. The van der Waals surface area contributed by atoms with E-state index < -0.39 is 12.0 Å². The van der Waals surface area contributed by atoms with E-state index in [4.69, 9.17) is 10.8 Å². The highest BCUT2D eigenvalue weighted by Crippen LogP contribution is 2.11. The van der Waals surface area contributed by atoms with Gasteiger partial charge >= 0.3 is 5.97 Å². The van der Waals surface area contributed by atoms with Crippen molar-refractivity contribution in [1.29, 1.82) is 0 Å². The average molecular weight is 186 g/mol. The molecule has 1 saturated heterocycles. The Kier molecular flexibility index (Phi) is 3.39. The molecule has 0 saturated carbocycles. The van der Waals surface area contributed by atoms with Crippen LogP contribution in [0.4, 0.5) is 0 Å². The number of Topliss-reactive ketones (excluding diaryl/α,β-unsaturated/α-hetero) is 1. The van der Waals surface area contributed by atoms with E-state index in [9.17, 15) is 9.59 Å². The van der Waals surface area contributed by atoms with Crippen LogP contribution in [0, 0.1) is 5.92 Å². The minimum Gasteiger partial charge on any atom is -0.480 e. The second kappa shape index (κ2) is 4.34. The number of rotatable bonds is 4. The molecule has 13 heavy (non-hydrogen) atoms. The molecule has 1 heterocycles. The van der Waals surface area contributed by atoms with Crippen molar-refractivity contribution >= 4 is 11.8 Å². The third kappa shape index (κ3) is 2.78. The van der Waals surface area contributed by atoms with E-state index in [0.717, 1.165) is 13.0 Å². The molecule has 0 amide bonds. The Balaban J connectivity index is 2.35. The van der Waals surface area contributed by atoms with Gasteiger partial charge in [-0.1, -0.05) is 0 Å². The van der Waals surface area contributed by atoms with Gasteiger partial charge in [-0.15, -0.1) is 0 Å². The number of carboxylic acid groups (broad SMARTS) is 1. The molecule has 4 N–H and O–H groups in total. The van der Waals surface area contributed by atoms with Crippen LogP contribution < -0.4 is 11.1 Å². The maximum absolute atomic E-state index is 11.4. The number of carbonyl (C=O) groups is 2. The Labute approximate surface area is 76.3 Å². The van der Waals surface area contributed by atoms with E-state index in [1.165, 1.54) is 0 Å². The molecule has 2 unspecified atom stereocenters. The van der Waals surface area contributed by atoms with Crippen LogP contribution in [-0.2, 0) is 9.59 Å². The molecule has 0 aliphatic carbocycles. The highest BCUT2D eigenvalue weighted by Gasteiger charge is 2.25. The van der Waals surface area contributed by atoms with Crippen LogP contribution in [0.3, 0.4) is 0 Å². The molecule has 0 radical (unpaired) electrons. The third-order valence-corrected chi connectivity index (χ3v) is 2.25. The van der Waals surface area contributed by atoms with Crippen LogP contribution >= 0.6 is 0 Å². The first-order valence-electron chi connectivity index (χ1n) is 4.33. The Bertz CT molecular complexity index is 211. The summed E-state index contributed by atoms with van der Waals surface area (Å²) in [4.78, 5) is 21.7. The molecule has 0 spiro atoms. The highest BCUT2D eigenvalue weighted by molar-refractivity contribution is 5.87. The predicted molar refractivity (Wildman–Crippen MR) is 46.2 cm³/mol. The van der Waals surface area contributed by atoms with Crippen molar-refractivity contribution in [2.75, 3.05) is 13.1 Å². The van der Waals surface area contributed by atoms with Crippen molar-refractivity contribution in [2.24, 2.45) is 11.7 Å². The lowest BCUT2D eigenvalue weighted by molar-refractivity contribution is -0.140. The fourth-order valence-corrected chi connectivity index (χ4v) is 1.40. The lowest BCUT2D eigenvalue weighted by atomic mass is 9.98. The maximum Gasteiger partial charge on any atom is 0.320 e. The van der Waals surface area contributed by atoms with Crippen molar-refractivity contribution in [1.82, 2.24) is 5.32 Å². The minimum absolute atomic E-state index is 0.0367. The van der Waals surface area contributed by atoms with Gasteiger partial charge in [-0.25, -0.2) is 0 Å². The summed E-state index contributed by atoms with van der Waals surface area (Å²) < 4.78 is 0. The van der Waals surface area contributed by atoms with Gasteiger partial charge in [-0.3, -0.25) is 9.59 Å². The number of aliphatic carboxylic acids is 1. The molecule has 5 nitrogen and oxygen atoms in total. The molecule has 1 rings (SSSR count). The van der Waals surface area contributed by atoms with Gasteiger partial charge < -0.3 is 16.2 Å². The van der Waals surface area contributed by atoms with Gasteiger partial charge in [0.25, 0.3) is 0 Å². The van der Waals surface area contributed by atoms with Gasteiger partial charge in [-0.2, -0.15) is 0 Å². The summed E-state index contributed by atoms with van der Waals surface area (Å²) in [5.74, 6) is -1.19. The summed E-state index contributed by atoms with van der Waals surface area (Å²) in [6.07, 6.45) is 0.743. The van der Waals surface area contributed by atoms with Gasteiger partial charge in [0.15, 0.2) is 0 Å². The third-order valence-electron chi connectivity index (χ3n) is 2.25. The van der Waals surface area contributed by atoms with Crippen LogP contribution in [0.25, 0.3) is 0 Å². The summed E-state index contributed by atoms with van der Waals surface area (Å²) in [6, 6.07) is -1.05. The lowest BCUT2D eigenvalue weighted by Gasteiger charge is -2.09. The van der Waals surface area contributed by atoms with E-state index in [2.05, 4.69) is 5.32 Å². The summed E-state index contributed by atoms with van der Waals surface area (Å²) in [5, 5.41) is 11.5. The molecular weight excluding hydrogens is 172 g/mol. The zero-order chi connectivity index (χ0) is 9.84. The second-order valence-corrected chi connectivity index (χ2v) is 3.30. The summed E-state index contributed by atoms with van der Waals surface area (Å²) >= 11 is 0. The Morgan fingerprint density at radius 3 is 2.77 bits per heavy atom. The fraction of sp³-hybridized carbons (Fsp3) is 0.750. The van der Waals surface area contributed by atoms with Gasteiger partial charge in [0.2, 0.25) is 0 Å². The lowest BCUT2D eigenvalue weighted by Crippen LogP contribution is -2.34. The first-order chi connectivity index (χ1) is 6.11. The summed E-state index contributed by atoms with van der Waals surface area (Å²) in [6.45, 7) is 1.49. The maximum atomic E-state index is 11.4. The molecule has 2 atom stereocenters. The number of hydrogen-bond acceptors (Lipinski definition) is 4. The molecule has 1 fully saturated rings. The van der Waals surface area contributed by atoms with E-state index in [1.807, 2.05) is 0 Å². The molecule has 74 valence electrons. The predicted octanol–water partition coefficient (Wildman–Crippen LogP) is -1.03. The first kappa shape index (κ1) is 10.1. The van der Waals surface area contributed by atoms with Crippen molar-refractivity contribution < 1.29 is 14.7 Å². The van der Waals surface area contributed by atoms with Crippen LogP contribution in [0.1, 0.15) is 12.8 Å². The molecule has 0 bridgehead atoms. The van der Waals surface area contributed by atoms with E-state index in [-0.39, 0.29) is 18.1 Å². The van der Waals surface area contributed by atoms with Crippen molar-refractivity contribution in [2.45, 2.75) is 18.9 Å². The average Bonchev–Trinajstić information content (AvgIpc) is 2.55. The SMILES string of the molecule is NC(CC(=O)C1CCNC1)C(=O)O. The molecule has 0 aromatic heterocycles. The standard InChI is InChI=1S/C8H14N2O3/c9-6(8(12)13)3-7(11)5-1-2-10-4-5/h5-6,10H,1-4,9H2,(H,12,13). The smallest absolute Gasteiger partial charge is 0.320 e. The van der Waals surface area contributed by atoms with Crippen LogP contribution in [-0.4, -0.2) is 36.0 Å².